The summed E-state index contributed by atoms with van der Waals surface area (Å²) in [5.41, 5.74) is 1.53. The van der Waals surface area contributed by atoms with Gasteiger partial charge in [-0.2, -0.15) is 0 Å². The minimum atomic E-state index is 0.140. The molecule has 106 valence electrons. The third-order valence-electron chi connectivity index (χ3n) is 4.52. The molecule has 0 aromatic heterocycles. The number of rotatable bonds is 7. The van der Waals surface area contributed by atoms with Crippen LogP contribution in [0, 0.1) is 0 Å². The van der Waals surface area contributed by atoms with Gasteiger partial charge >= 0.3 is 0 Å². The van der Waals surface area contributed by atoms with Crippen LogP contribution in [0.3, 0.4) is 0 Å². The van der Waals surface area contributed by atoms with Crippen LogP contribution in [-0.2, 0) is 10.2 Å². The van der Waals surface area contributed by atoms with Crippen LogP contribution < -0.4 is 0 Å². The van der Waals surface area contributed by atoms with Crippen molar-refractivity contribution in [3.8, 4) is 0 Å². The first-order valence-corrected chi connectivity index (χ1v) is 8.07. The van der Waals surface area contributed by atoms with Crippen molar-refractivity contribution in [2.45, 2.75) is 57.0 Å². The zero-order valence-corrected chi connectivity index (χ0v) is 12.7. The lowest BCUT2D eigenvalue weighted by atomic mass is 9.75. The Morgan fingerprint density at radius 1 is 1.32 bits per heavy atom. The Kier molecular flexibility index (Phi) is 5.72. The molecule has 0 spiro atoms. The van der Waals surface area contributed by atoms with Crippen LogP contribution in [0.5, 0.6) is 0 Å². The molecule has 0 saturated carbocycles. The van der Waals surface area contributed by atoms with E-state index in [9.17, 15) is 0 Å². The van der Waals surface area contributed by atoms with E-state index < -0.39 is 0 Å². The van der Waals surface area contributed by atoms with Crippen molar-refractivity contribution in [1.82, 2.24) is 0 Å². The highest BCUT2D eigenvalue weighted by atomic mass is 35.5. The third-order valence-corrected chi connectivity index (χ3v) is 5.04. The van der Waals surface area contributed by atoms with Gasteiger partial charge in [0.2, 0.25) is 0 Å². The number of benzene rings is 1. The monoisotopic (exact) mass is 280 g/mol. The molecule has 1 heterocycles. The predicted octanol–water partition coefficient (Wildman–Crippen LogP) is 4.92. The lowest BCUT2D eigenvalue weighted by molar-refractivity contribution is 0.100. The van der Waals surface area contributed by atoms with Crippen molar-refractivity contribution in [2.24, 2.45) is 0 Å². The molecule has 0 bridgehead atoms. The summed E-state index contributed by atoms with van der Waals surface area (Å²) in [4.78, 5) is 0. The Bertz CT molecular complexity index is 353. The molecule has 1 aliphatic rings. The fraction of sp³-hybridized carbons (Fsp3) is 0.647. The second kappa shape index (κ2) is 7.31. The Hall–Kier alpha value is -0.530. The molecule has 1 nitrogen and oxygen atoms in total. The van der Waals surface area contributed by atoms with Crippen molar-refractivity contribution in [1.29, 1.82) is 0 Å². The second-order valence-electron chi connectivity index (χ2n) is 5.66. The maximum absolute atomic E-state index is 6.32. The minimum absolute atomic E-state index is 0.140. The number of hydrogen-bond acceptors (Lipinski definition) is 1. The summed E-state index contributed by atoms with van der Waals surface area (Å²) in [5.74, 6) is 0.707. The van der Waals surface area contributed by atoms with Crippen LogP contribution in [0.1, 0.15) is 51.0 Å². The number of ether oxygens (including phenoxy) is 1. The number of alkyl halides is 1. The highest BCUT2D eigenvalue weighted by Gasteiger charge is 2.29. The van der Waals surface area contributed by atoms with Gasteiger partial charge in [0.25, 0.3) is 0 Å². The van der Waals surface area contributed by atoms with Crippen LogP contribution in [-0.4, -0.2) is 18.6 Å². The van der Waals surface area contributed by atoms with Crippen molar-refractivity contribution in [3.05, 3.63) is 35.9 Å². The topological polar surface area (TPSA) is 9.23 Å². The number of halogens is 1. The molecule has 2 rings (SSSR count). The Balaban J connectivity index is 1.95. The Morgan fingerprint density at radius 2 is 2.11 bits per heavy atom. The van der Waals surface area contributed by atoms with Gasteiger partial charge in [0.15, 0.2) is 0 Å². The molecule has 19 heavy (non-hydrogen) atoms. The molecular weight excluding hydrogens is 256 g/mol. The smallest absolute Gasteiger partial charge is 0.0576 e. The summed E-state index contributed by atoms with van der Waals surface area (Å²) >= 11 is 6.32. The van der Waals surface area contributed by atoms with E-state index in [0.717, 1.165) is 19.4 Å². The van der Waals surface area contributed by atoms with E-state index >= 15 is 0 Å². The highest BCUT2D eigenvalue weighted by Crippen LogP contribution is 2.35. The van der Waals surface area contributed by atoms with Crippen molar-refractivity contribution < 1.29 is 4.74 Å². The maximum Gasteiger partial charge on any atom is 0.0576 e. The average Bonchev–Trinajstić information content (AvgIpc) is 2.98. The molecule has 0 N–H and O–H groups in total. The summed E-state index contributed by atoms with van der Waals surface area (Å²) in [7, 11) is 0. The van der Waals surface area contributed by atoms with Gasteiger partial charge in [0.05, 0.1) is 6.10 Å². The SMILES string of the molecule is CCC(CCl)(CCCC1CCCO1)c1ccccc1. The van der Waals surface area contributed by atoms with Gasteiger partial charge in [0, 0.05) is 17.9 Å². The first-order chi connectivity index (χ1) is 9.30. The summed E-state index contributed by atoms with van der Waals surface area (Å²) in [6.45, 7) is 3.21. The predicted molar refractivity (Wildman–Crippen MR) is 82.0 cm³/mol. The average molecular weight is 281 g/mol. The molecule has 2 atom stereocenters. The van der Waals surface area contributed by atoms with Crippen molar-refractivity contribution in [3.63, 3.8) is 0 Å². The van der Waals surface area contributed by atoms with E-state index in [1.165, 1.54) is 31.2 Å². The van der Waals surface area contributed by atoms with E-state index in [-0.39, 0.29) is 5.41 Å². The minimum Gasteiger partial charge on any atom is -0.378 e. The summed E-state index contributed by atoms with van der Waals surface area (Å²) in [5, 5.41) is 0. The normalized spacial score (nSPS) is 22.3. The molecule has 1 aromatic carbocycles. The van der Waals surface area contributed by atoms with Crippen LogP contribution >= 0.6 is 11.6 Å². The molecule has 1 aromatic rings. The zero-order valence-electron chi connectivity index (χ0n) is 11.9. The molecule has 1 aliphatic heterocycles. The van der Waals surface area contributed by atoms with Crippen LogP contribution in [0.15, 0.2) is 30.3 Å². The van der Waals surface area contributed by atoms with Crippen LogP contribution in [0.2, 0.25) is 0 Å². The van der Waals surface area contributed by atoms with E-state index in [4.69, 9.17) is 16.3 Å². The van der Waals surface area contributed by atoms with E-state index in [1.807, 2.05) is 0 Å². The zero-order chi connectivity index (χ0) is 13.6. The highest BCUT2D eigenvalue weighted by molar-refractivity contribution is 6.18. The summed E-state index contributed by atoms with van der Waals surface area (Å²) in [6, 6.07) is 10.7. The van der Waals surface area contributed by atoms with Gasteiger partial charge in [-0.25, -0.2) is 0 Å². The molecule has 0 radical (unpaired) electrons. The van der Waals surface area contributed by atoms with Gasteiger partial charge in [-0.05, 0) is 44.1 Å². The second-order valence-corrected chi connectivity index (χ2v) is 5.93. The van der Waals surface area contributed by atoms with Gasteiger partial charge < -0.3 is 4.74 Å². The maximum atomic E-state index is 6.32. The molecule has 0 amide bonds. The lowest BCUT2D eigenvalue weighted by Crippen LogP contribution is -2.28. The molecule has 1 fully saturated rings. The number of hydrogen-bond donors (Lipinski definition) is 0. The fourth-order valence-corrected chi connectivity index (χ4v) is 3.57. The first-order valence-electron chi connectivity index (χ1n) is 7.54. The standard InChI is InChI=1S/C17H25ClO/c1-2-17(14-18,15-8-4-3-5-9-15)12-6-10-16-11-7-13-19-16/h3-5,8-9,16H,2,6-7,10-14H2,1H3. The van der Waals surface area contributed by atoms with E-state index in [2.05, 4.69) is 37.3 Å². The van der Waals surface area contributed by atoms with Crippen molar-refractivity contribution >= 4 is 11.6 Å². The third kappa shape index (κ3) is 3.73. The van der Waals surface area contributed by atoms with Gasteiger partial charge in [0.1, 0.15) is 0 Å². The molecule has 0 aliphatic carbocycles. The Labute approximate surface area is 122 Å². The first kappa shape index (κ1) is 14.9. The summed E-state index contributed by atoms with van der Waals surface area (Å²) in [6.07, 6.45) is 7.64. The van der Waals surface area contributed by atoms with Crippen molar-refractivity contribution in [2.75, 3.05) is 12.5 Å². The Morgan fingerprint density at radius 3 is 2.68 bits per heavy atom. The molecular formula is C17H25ClO. The summed E-state index contributed by atoms with van der Waals surface area (Å²) < 4.78 is 5.71. The van der Waals surface area contributed by atoms with Gasteiger partial charge in [-0.3, -0.25) is 0 Å². The molecule has 1 saturated heterocycles. The van der Waals surface area contributed by atoms with Gasteiger partial charge in [-0.1, -0.05) is 37.3 Å². The van der Waals surface area contributed by atoms with Crippen LogP contribution in [0.25, 0.3) is 0 Å². The van der Waals surface area contributed by atoms with E-state index in [1.54, 1.807) is 0 Å². The molecule has 2 heteroatoms. The van der Waals surface area contributed by atoms with Gasteiger partial charge in [-0.15, -0.1) is 11.6 Å². The van der Waals surface area contributed by atoms with E-state index in [0.29, 0.717) is 12.0 Å². The quantitative estimate of drug-likeness (QED) is 0.644. The fourth-order valence-electron chi connectivity index (χ4n) is 3.10. The largest absolute Gasteiger partial charge is 0.378 e. The lowest BCUT2D eigenvalue weighted by Gasteiger charge is -2.31. The molecule has 2 unspecified atom stereocenters. The van der Waals surface area contributed by atoms with Crippen LogP contribution in [0.4, 0.5) is 0 Å².